The van der Waals surface area contributed by atoms with Crippen LogP contribution in [-0.4, -0.2) is 47.6 Å². The summed E-state index contributed by atoms with van der Waals surface area (Å²) in [6.07, 6.45) is 7.23. The smallest absolute Gasteiger partial charge is 0.315 e. The van der Waals surface area contributed by atoms with Crippen LogP contribution in [-0.2, 0) is 11.3 Å². The van der Waals surface area contributed by atoms with Crippen molar-refractivity contribution in [2.24, 2.45) is 0 Å². The third kappa shape index (κ3) is 4.85. The number of carbonyl (C=O) groups excluding carboxylic acids is 2. The highest BCUT2D eigenvalue weighted by atomic mass is 16.5. The normalized spacial score (nSPS) is 17.9. The molecule has 3 N–H and O–H groups in total. The number of benzene rings is 2. The van der Waals surface area contributed by atoms with Crippen LogP contribution in [0.5, 0.6) is 5.75 Å². The first-order chi connectivity index (χ1) is 17.1. The van der Waals surface area contributed by atoms with E-state index in [-0.39, 0.29) is 11.9 Å². The van der Waals surface area contributed by atoms with Crippen LogP contribution in [0.1, 0.15) is 55.6 Å². The Hall–Kier alpha value is -3.48. The number of amides is 3. The Bertz CT molecular complexity index is 1180. The molecule has 0 spiro atoms. The Morgan fingerprint density at radius 2 is 1.83 bits per heavy atom. The van der Waals surface area contributed by atoms with Crippen molar-refractivity contribution in [1.82, 2.24) is 20.5 Å². The van der Waals surface area contributed by atoms with Crippen LogP contribution in [0.25, 0.3) is 10.9 Å². The second kappa shape index (κ2) is 10.0. The largest absolute Gasteiger partial charge is 0.497 e. The summed E-state index contributed by atoms with van der Waals surface area (Å²) in [5.41, 5.74) is 2.64. The Balaban J connectivity index is 1.22. The first-order valence-corrected chi connectivity index (χ1v) is 12.6. The summed E-state index contributed by atoms with van der Waals surface area (Å²) in [7, 11) is 1.69. The Kier molecular flexibility index (Phi) is 6.66. The van der Waals surface area contributed by atoms with Gasteiger partial charge in [-0.1, -0.05) is 43.2 Å². The van der Waals surface area contributed by atoms with Crippen molar-refractivity contribution in [3.05, 3.63) is 65.9 Å². The first kappa shape index (κ1) is 23.3. The number of aromatic amines is 1. The summed E-state index contributed by atoms with van der Waals surface area (Å²) in [6.45, 7) is 1.85. The van der Waals surface area contributed by atoms with Gasteiger partial charge in [0.1, 0.15) is 11.3 Å². The molecule has 0 atom stereocenters. The second-order valence-electron chi connectivity index (χ2n) is 9.80. The van der Waals surface area contributed by atoms with E-state index in [0.29, 0.717) is 38.4 Å². The summed E-state index contributed by atoms with van der Waals surface area (Å²) in [4.78, 5) is 31.8. The fraction of sp³-hybridized carbons (Fsp3) is 0.429. The number of rotatable bonds is 6. The van der Waals surface area contributed by atoms with Gasteiger partial charge in [-0.3, -0.25) is 4.79 Å². The molecule has 3 amide bonds. The maximum Gasteiger partial charge on any atom is 0.315 e. The molecule has 184 valence electrons. The quantitative estimate of drug-likeness (QED) is 0.484. The van der Waals surface area contributed by atoms with Crippen LogP contribution in [0, 0.1) is 0 Å². The molecule has 0 bridgehead atoms. The van der Waals surface area contributed by atoms with Crippen LogP contribution in [0.2, 0.25) is 0 Å². The van der Waals surface area contributed by atoms with Gasteiger partial charge in [-0.25, -0.2) is 4.79 Å². The van der Waals surface area contributed by atoms with Crippen LogP contribution in [0.3, 0.4) is 0 Å². The Morgan fingerprint density at radius 3 is 2.54 bits per heavy atom. The summed E-state index contributed by atoms with van der Waals surface area (Å²) in [6, 6.07) is 15.6. The van der Waals surface area contributed by atoms with E-state index in [9.17, 15) is 9.59 Å². The number of nitrogens with zero attached hydrogens (tertiary/aromatic N) is 1. The monoisotopic (exact) mass is 474 g/mol. The summed E-state index contributed by atoms with van der Waals surface area (Å²) in [5.74, 6) is 1.32. The van der Waals surface area contributed by atoms with Gasteiger partial charge >= 0.3 is 6.03 Å². The van der Waals surface area contributed by atoms with E-state index >= 15 is 0 Å². The number of carbonyl (C=O) groups is 2. The number of methoxy groups -OCH3 is 1. The molecule has 2 heterocycles. The third-order valence-corrected chi connectivity index (χ3v) is 7.66. The molecule has 2 aliphatic rings. The van der Waals surface area contributed by atoms with Crippen molar-refractivity contribution in [3.8, 4) is 5.75 Å². The summed E-state index contributed by atoms with van der Waals surface area (Å²) >= 11 is 0. The Morgan fingerprint density at radius 1 is 1.09 bits per heavy atom. The fourth-order valence-electron chi connectivity index (χ4n) is 5.69. The summed E-state index contributed by atoms with van der Waals surface area (Å²) < 4.78 is 5.42. The van der Waals surface area contributed by atoms with Crippen molar-refractivity contribution in [1.29, 1.82) is 0 Å². The van der Waals surface area contributed by atoms with Gasteiger partial charge in [0.05, 0.1) is 7.11 Å². The standard InChI is InChI=1S/C28H34N4O3/c1-35-22-9-10-25-23(17-22)24(19-29-25)21-11-15-32(16-12-21)26(33)28(13-5-6-14-28)31-27(34)30-18-20-7-3-2-4-8-20/h2-4,7-10,17,19,21,29H,5-6,11-16,18H2,1H3,(H2,30,31,34). The second-order valence-corrected chi connectivity index (χ2v) is 9.80. The van der Waals surface area contributed by atoms with Gasteiger partial charge in [-0.15, -0.1) is 0 Å². The molecule has 7 heteroatoms. The highest BCUT2D eigenvalue weighted by Gasteiger charge is 2.45. The number of likely N-dealkylation sites (tertiary alicyclic amines) is 1. The van der Waals surface area contributed by atoms with Gasteiger partial charge in [0.15, 0.2) is 0 Å². The van der Waals surface area contributed by atoms with E-state index in [0.717, 1.165) is 42.5 Å². The van der Waals surface area contributed by atoms with E-state index in [4.69, 9.17) is 4.74 Å². The average Bonchev–Trinajstić information content (AvgIpc) is 3.55. The van der Waals surface area contributed by atoms with E-state index in [1.807, 2.05) is 41.3 Å². The van der Waals surface area contributed by atoms with Crippen LogP contribution < -0.4 is 15.4 Å². The van der Waals surface area contributed by atoms with E-state index < -0.39 is 5.54 Å². The lowest BCUT2D eigenvalue weighted by Gasteiger charge is -2.39. The zero-order valence-corrected chi connectivity index (χ0v) is 20.3. The van der Waals surface area contributed by atoms with Crippen molar-refractivity contribution in [3.63, 3.8) is 0 Å². The van der Waals surface area contributed by atoms with Crippen LogP contribution in [0.4, 0.5) is 4.79 Å². The van der Waals surface area contributed by atoms with Crippen molar-refractivity contribution in [2.45, 2.75) is 56.5 Å². The number of aromatic nitrogens is 1. The molecule has 35 heavy (non-hydrogen) atoms. The molecule has 1 saturated carbocycles. The lowest BCUT2D eigenvalue weighted by atomic mass is 9.87. The molecular weight excluding hydrogens is 440 g/mol. The van der Waals surface area contributed by atoms with E-state index in [1.165, 1.54) is 10.9 Å². The topological polar surface area (TPSA) is 86.5 Å². The molecular formula is C28H34N4O3. The lowest BCUT2D eigenvalue weighted by Crippen LogP contribution is -2.60. The minimum absolute atomic E-state index is 0.0731. The fourth-order valence-corrected chi connectivity index (χ4v) is 5.69. The van der Waals surface area contributed by atoms with Crippen molar-refractivity contribution in [2.75, 3.05) is 20.2 Å². The average molecular weight is 475 g/mol. The number of urea groups is 1. The van der Waals surface area contributed by atoms with Gasteiger partial charge in [0.25, 0.3) is 0 Å². The molecule has 1 aliphatic heterocycles. The van der Waals surface area contributed by atoms with E-state index in [2.05, 4.69) is 33.9 Å². The van der Waals surface area contributed by atoms with Gasteiger partial charge in [-0.05, 0) is 60.9 Å². The summed E-state index contributed by atoms with van der Waals surface area (Å²) in [5, 5.41) is 7.19. The molecule has 1 aromatic heterocycles. The van der Waals surface area contributed by atoms with Gasteiger partial charge in [-0.2, -0.15) is 0 Å². The zero-order valence-electron chi connectivity index (χ0n) is 20.3. The highest BCUT2D eigenvalue weighted by Crippen LogP contribution is 2.37. The number of hydrogen-bond donors (Lipinski definition) is 3. The highest BCUT2D eigenvalue weighted by molar-refractivity contribution is 5.91. The van der Waals surface area contributed by atoms with Gasteiger partial charge in [0.2, 0.25) is 5.91 Å². The van der Waals surface area contributed by atoms with Crippen molar-refractivity contribution < 1.29 is 14.3 Å². The number of H-pyrrole nitrogens is 1. The van der Waals surface area contributed by atoms with Gasteiger partial charge < -0.3 is 25.3 Å². The molecule has 3 aromatic rings. The molecule has 2 fully saturated rings. The molecule has 2 aromatic carbocycles. The SMILES string of the molecule is COc1ccc2[nH]cc(C3CCN(C(=O)C4(NC(=O)NCc5ccccc5)CCCC4)CC3)c2c1. The molecule has 7 nitrogen and oxygen atoms in total. The van der Waals surface area contributed by atoms with E-state index in [1.54, 1.807) is 7.11 Å². The lowest BCUT2D eigenvalue weighted by molar-refractivity contribution is -0.139. The maximum atomic E-state index is 13.7. The number of ether oxygens (including phenoxy) is 1. The number of fused-ring (bicyclic) bond motifs is 1. The third-order valence-electron chi connectivity index (χ3n) is 7.66. The maximum absolute atomic E-state index is 13.7. The number of nitrogens with one attached hydrogen (secondary N) is 3. The van der Waals surface area contributed by atoms with Crippen LogP contribution in [0.15, 0.2) is 54.7 Å². The molecule has 0 unspecified atom stereocenters. The molecule has 5 rings (SSSR count). The predicted octanol–water partition coefficient (Wildman–Crippen LogP) is 4.69. The number of hydrogen-bond acceptors (Lipinski definition) is 3. The molecule has 1 aliphatic carbocycles. The van der Waals surface area contributed by atoms with Crippen molar-refractivity contribution >= 4 is 22.8 Å². The Labute approximate surface area is 206 Å². The minimum atomic E-state index is -0.790. The van der Waals surface area contributed by atoms with Crippen LogP contribution >= 0.6 is 0 Å². The molecule has 1 saturated heterocycles. The van der Waals surface area contributed by atoms with Gasteiger partial charge in [0, 0.05) is 36.7 Å². The number of piperidine rings is 1. The predicted molar refractivity (Wildman–Crippen MR) is 136 cm³/mol. The zero-order chi connectivity index (χ0) is 24.3. The minimum Gasteiger partial charge on any atom is -0.497 e. The molecule has 0 radical (unpaired) electrons. The first-order valence-electron chi connectivity index (χ1n) is 12.6.